The van der Waals surface area contributed by atoms with Gasteiger partial charge >= 0.3 is 5.97 Å². The van der Waals surface area contributed by atoms with Crippen LogP contribution in [0.3, 0.4) is 0 Å². The molecule has 2 rings (SSSR count). The quantitative estimate of drug-likeness (QED) is 0.392. The fourth-order valence-electron chi connectivity index (χ4n) is 3.23. The molecule has 0 fully saturated rings. The zero-order valence-electron chi connectivity index (χ0n) is 19.7. The second-order valence-corrected chi connectivity index (χ2v) is 10.9. The molecule has 1 heterocycles. The minimum absolute atomic E-state index is 0.188. The predicted molar refractivity (Wildman–Crippen MR) is 125 cm³/mol. The topological polar surface area (TPSA) is 115 Å². The average molecular weight is 476 g/mol. The zero-order chi connectivity index (χ0) is 24.5. The Kier molecular flexibility index (Phi) is 9.52. The van der Waals surface area contributed by atoms with Crippen molar-refractivity contribution in [2.75, 3.05) is 5.75 Å². The maximum Gasteiger partial charge on any atom is 0.329 e. The SMILES string of the molecule is CCCC[C@H](NC(=O)[C@H](Cc1ccccc1)CS(=O)(=O)c1ncccn1)C(=O)OC(C)(C)C. The zero-order valence-corrected chi connectivity index (χ0v) is 20.5. The molecule has 2 atom stereocenters. The first-order valence-electron chi connectivity index (χ1n) is 11.1. The molecule has 1 amide bonds. The van der Waals surface area contributed by atoms with E-state index in [1.165, 1.54) is 18.5 Å². The maximum absolute atomic E-state index is 13.3. The molecule has 1 aromatic carbocycles. The first-order valence-corrected chi connectivity index (χ1v) is 12.7. The van der Waals surface area contributed by atoms with Crippen LogP contribution in [0.15, 0.2) is 53.9 Å². The molecule has 0 saturated heterocycles. The number of carbonyl (C=O) groups excluding carboxylic acids is 2. The van der Waals surface area contributed by atoms with Gasteiger partial charge in [0.1, 0.15) is 11.6 Å². The summed E-state index contributed by atoms with van der Waals surface area (Å²) in [5, 5.41) is 2.42. The second kappa shape index (κ2) is 11.9. The number of rotatable bonds is 11. The number of esters is 1. The van der Waals surface area contributed by atoms with Crippen molar-refractivity contribution in [2.24, 2.45) is 5.92 Å². The summed E-state index contributed by atoms with van der Waals surface area (Å²) in [6, 6.07) is 9.81. The van der Waals surface area contributed by atoms with Crippen LogP contribution in [-0.4, -0.2) is 47.7 Å². The fraction of sp³-hybridized carbons (Fsp3) is 0.500. The van der Waals surface area contributed by atoms with Crippen molar-refractivity contribution in [3.8, 4) is 0 Å². The monoisotopic (exact) mass is 475 g/mol. The number of sulfone groups is 1. The third-order valence-electron chi connectivity index (χ3n) is 4.79. The molecule has 0 saturated carbocycles. The van der Waals surface area contributed by atoms with Crippen LogP contribution in [0.5, 0.6) is 0 Å². The Morgan fingerprint density at radius 2 is 1.70 bits per heavy atom. The Hall–Kier alpha value is -2.81. The van der Waals surface area contributed by atoms with Gasteiger partial charge in [-0.15, -0.1) is 0 Å². The van der Waals surface area contributed by atoms with E-state index in [9.17, 15) is 18.0 Å². The minimum Gasteiger partial charge on any atom is -0.458 e. The van der Waals surface area contributed by atoms with Gasteiger partial charge in [0, 0.05) is 12.4 Å². The number of benzene rings is 1. The molecule has 0 aliphatic heterocycles. The van der Waals surface area contributed by atoms with Crippen LogP contribution in [0.25, 0.3) is 0 Å². The number of carbonyl (C=O) groups is 2. The Bertz CT molecular complexity index is 1010. The third-order valence-corrected chi connectivity index (χ3v) is 6.40. The number of hydrogen-bond acceptors (Lipinski definition) is 7. The summed E-state index contributed by atoms with van der Waals surface area (Å²) in [5.41, 5.74) is 0.105. The highest BCUT2D eigenvalue weighted by Crippen LogP contribution is 2.17. The Labute approximate surface area is 196 Å². The van der Waals surface area contributed by atoms with Crippen LogP contribution in [0, 0.1) is 5.92 Å². The summed E-state index contributed by atoms with van der Waals surface area (Å²) < 4.78 is 31.3. The normalized spacial score (nSPS) is 13.7. The number of nitrogens with zero attached hydrogens (tertiary/aromatic N) is 2. The van der Waals surface area contributed by atoms with E-state index in [0.29, 0.717) is 12.8 Å². The Morgan fingerprint density at radius 1 is 1.06 bits per heavy atom. The van der Waals surface area contributed by atoms with E-state index in [2.05, 4.69) is 15.3 Å². The highest BCUT2D eigenvalue weighted by atomic mass is 32.2. The van der Waals surface area contributed by atoms with Crippen LogP contribution < -0.4 is 5.32 Å². The highest BCUT2D eigenvalue weighted by Gasteiger charge is 2.32. The van der Waals surface area contributed by atoms with Gasteiger partial charge in [0.05, 0.1) is 11.7 Å². The lowest BCUT2D eigenvalue weighted by Crippen LogP contribution is -2.47. The van der Waals surface area contributed by atoms with Crippen molar-refractivity contribution in [3.05, 3.63) is 54.4 Å². The minimum atomic E-state index is -3.93. The van der Waals surface area contributed by atoms with E-state index in [4.69, 9.17) is 4.74 Å². The number of hydrogen-bond donors (Lipinski definition) is 1. The standard InChI is InChI=1S/C24H33N3O5S/c1-5-6-13-20(22(29)32-24(2,3)4)27-21(28)19(16-18-11-8-7-9-12-18)17-33(30,31)23-25-14-10-15-26-23/h7-12,14-15,19-20H,5-6,13,16-17H2,1-4H3,(H,27,28)/t19-,20+/m1/s1. The van der Waals surface area contributed by atoms with E-state index in [-0.39, 0.29) is 11.6 Å². The van der Waals surface area contributed by atoms with Crippen LogP contribution in [0.4, 0.5) is 0 Å². The largest absolute Gasteiger partial charge is 0.458 e. The van der Waals surface area contributed by atoms with Gasteiger partial charge in [0.2, 0.25) is 20.9 Å². The van der Waals surface area contributed by atoms with E-state index in [1.54, 1.807) is 20.8 Å². The van der Waals surface area contributed by atoms with Crippen molar-refractivity contribution in [3.63, 3.8) is 0 Å². The van der Waals surface area contributed by atoms with Gasteiger partial charge in [-0.25, -0.2) is 23.2 Å². The molecule has 0 radical (unpaired) electrons. The molecule has 0 aliphatic rings. The average Bonchev–Trinajstić information content (AvgIpc) is 2.76. The first kappa shape index (κ1) is 26.4. The van der Waals surface area contributed by atoms with E-state index in [1.807, 2.05) is 37.3 Å². The maximum atomic E-state index is 13.3. The number of nitrogens with one attached hydrogen (secondary N) is 1. The van der Waals surface area contributed by atoms with Gasteiger partial charge in [0.25, 0.3) is 0 Å². The van der Waals surface area contributed by atoms with Gasteiger partial charge in [-0.3, -0.25) is 4.79 Å². The lowest BCUT2D eigenvalue weighted by molar-refractivity contribution is -0.159. The molecule has 33 heavy (non-hydrogen) atoms. The highest BCUT2D eigenvalue weighted by molar-refractivity contribution is 7.91. The Balaban J connectivity index is 2.27. The van der Waals surface area contributed by atoms with Gasteiger partial charge < -0.3 is 10.1 Å². The molecule has 0 bridgehead atoms. The van der Waals surface area contributed by atoms with Gasteiger partial charge in [-0.1, -0.05) is 50.1 Å². The van der Waals surface area contributed by atoms with Crippen LogP contribution >= 0.6 is 0 Å². The smallest absolute Gasteiger partial charge is 0.329 e. The van der Waals surface area contributed by atoms with Crippen molar-refractivity contribution in [1.29, 1.82) is 0 Å². The fourth-order valence-corrected chi connectivity index (χ4v) is 4.62. The Morgan fingerprint density at radius 3 is 2.27 bits per heavy atom. The molecule has 9 heteroatoms. The number of ether oxygens (including phenoxy) is 1. The predicted octanol–water partition coefficient (Wildman–Crippen LogP) is 3.13. The van der Waals surface area contributed by atoms with Gasteiger partial charge in [-0.2, -0.15) is 0 Å². The summed E-state index contributed by atoms with van der Waals surface area (Å²) in [6.45, 7) is 7.26. The van der Waals surface area contributed by atoms with Crippen molar-refractivity contribution >= 4 is 21.7 Å². The third kappa shape index (κ3) is 8.92. The van der Waals surface area contributed by atoms with Gasteiger partial charge in [0.15, 0.2) is 0 Å². The molecule has 0 unspecified atom stereocenters. The molecule has 0 aliphatic carbocycles. The van der Waals surface area contributed by atoms with Crippen molar-refractivity contribution < 1.29 is 22.7 Å². The number of unbranched alkanes of at least 4 members (excludes halogenated alkanes) is 1. The lowest BCUT2D eigenvalue weighted by Gasteiger charge is -2.26. The second-order valence-electron chi connectivity index (χ2n) is 8.94. The lowest BCUT2D eigenvalue weighted by atomic mass is 9.99. The van der Waals surface area contributed by atoms with Crippen LogP contribution in [0.2, 0.25) is 0 Å². The van der Waals surface area contributed by atoms with Crippen molar-refractivity contribution in [1.82, 2.24) is 15.3 Å². The van der Waals surface area contributed by atoms with Crippen molar-refractivity contribution in [2.45, 2.75) is 70.2 Å². The molecule has 180 valence electrons. The summed E-state index contributed by atoms with van der Waals surface area (Å²) in [5.74, 6) is -2.47. The van der Waals surface area contributed by atoms with Gasteiger partial charge in [-0.05, 0) is 45.2 Å². The molecule has 2 aromatic rings. The van der Waals surface area contributed by atoms with Crippen LogP contribution in [0.1, 0.15) is 52.5 Å². The number of aromatic nitrogens is 2. The molecule has 1 aromatic heterocycles. The molecular formula is C24H33N3O5S. The van der Waals surface area contributed by atoms with E-state index in [0.717, 1.165) is 12.0 Å². The summed E-state index contributed by atoms with van der Waals surface area (Å²) >= 11 is 0. The molecule has 0 spiro atoms. The first-order chi connectivity index (χ1) is 15.5. The summed E-state index contributed by atoms with van der Waals surface area (Å²) in [7, 11) is -3.93. The summed E-state index contributed by atoms with van der Waals surface area (Å²) in [6.07, 6.45) is 4.83. The summed E-state index contributed by atoms with van der Waals surface area (Å²) in [4.78, 5) is 33.7. The van der Waals surface area contributed by atoms with Crippen LogP contribution in [-0.2, 0) is 30.6 Å². The molecule has 1 N–H and O–H groups in total. The molecular weight excluding hydrogens is 442 g/mol. The number of amides is 1. The van der Waals surface area contributed by atoms with E-state index < -0.39 is 45.0 Å². The van der Waals surface area contributed by atoms with E-state index >= 15 is 0 Å². The molecule has 8 nitrogen and oxygen atoms in total.